The van der Waals surface area contributed by atoms with Gasteiger partial charge < -0.3 is 5.73 Å². The largest absolute Gasteiger partial charge is 0.324 e. The summed E-state index contributed by atoms with van der Waals surface area (Å²) in [6.07, 6.45) is 2.68. The second-order valence-electron chi connectivity index (χ2n) is 4.47. The molecular formula is C12H17N. The Hall–Kier alpha value is -0.820. The fraction of sp³-hybridized carbons (Fsp3) is 0.500. The number of hydrogen-bond acceptors (Lipinski definition) is 1. The first-order chi connectivity index (χ1) is 6.12. The molecule has 1 saturated carbocycles. The van der Waals surface area contributed by atoms with Crippen molar-refractivity contribution in [2.45, 2.75) is 38.1 Å². The zero-order valence-corrected chi connectivity index (χ0v) is 8.38. The summed E-state index contributed by atoms with van der Waals surface area (Å²) in [6, 6.07) is 8.92. The monoisotopic (exact) mass is 175 g/mol. The van der Waals surface area contributed by atoms with Crippen molar-refractivity contribution >= 4 is 0 Å². The number of nitrogens with two attached hydrogens (primary N) is 1. The zero-order chi connectivity index (χ0) is 9.47. The van der Waals surface area contributed by atoms with Crippen molar-refractivity contribution in [1.29, 1.82) is 0 Å². The highest BCUT2D eigenvalue weighted by Crippen LogP contribution is 2.47. The molecule has 1 aromatic carbocycles. The van der Waals surface area contributed by atoms with Gasteiger partial charge in [-0.2, -0.15) is 0 Å². The van der Waals surface area contributed by atoms with Crippen molar-refractivity contribution in [1.82, 2.24) is 0 Å². The smallest absolute Gasteiger partial charge is 0.0266 e. The van der Waals surface area contributed by atoms with E-state index in [0.717, 1.165) is 0 Å². The lowest BCUT2D eigenvalue weighted by Gasteiger charge is -2.11. The SMILES string of the molecule is CC(N)c1ccc(C2(C)CC2)cc1. The fourth-order valence-electron chi connectivity index (χ4n) is 1.67. The maximum absolute atomic E-state index is 5.79. The Labute approximate surface area is 80.0 Å². The summed E-state index contributed by atoms with van der Waals surface area (Å²) < 4.78 is 0. The zero-order valence-electron chi connectivity index (χ0n) is 8.38. The first kappa shape index (κ1) is 8.76. The van der Waals surface area contributed by atoms with Crippen LogP contribution in [0.4, 0.5) is 0 Å². The third-order valence-corrected chi connectivity index (χ3v) is 3.13. The highest BCUT2D eigenvalue weighted by molar-refractivity contribution is 5.33. The van der Waals surface area contributed by atoms with E-state index >= 15 is 0 Å². The minimum absolute atomic E-state index is 0.154. The van der Waals surface area contributed by atoms with Gasteiger partial charge in [-0.25, -0.2) is 0 Å². The maximum Gasteiger partial charge on any atom is 0.0266 e. The Morgan fingerprint density at radius 1 is 1.23 bits per heavy atom. The van der Waals surface area contributed by atoms with Crippen molar-refractivity contribution in [3.63, 3.8) is 0 Å². The first-order valence-corrected chi connectivity index (χ1v) is 4.98. The second kappa shape index (κ2) is 2.85. The molecule has 0 bridgehead atoms. The van der Waals surface area contributed by atoms with E-state index in [4.69, 9.17) is 5.73 Å². The van der Waals surface area contributed by atoms with Crippen molar-refractivity contribution in [3.05, 3.63) is 35.4 Å². The Morgan fingerprint density at radius 2 is 1.77 bits per heavy atom. The van der Waals surface area contributed by atoms with E-state index in [2.05, 4.69) is 31.2 Å². The van der Waals surface area contributed by atoms with E-state index in [9.17, 15) is 0 Å². The minimum atomic E-state index is 0.154. The van der Waals surface area contributed by atoms with Crippen molar-refractivity contribution in [2.75, 3.05) is 0 Å². The molecule has 1 fully saturated rings. The summed E-state index contributed by atoms with van der Waals surface area (Å²) in [5.41, 5.74) is 8.97. The quantitative estimate of drug-likeness (QED) is 0.735. The molecule has 0 radical (unpaired) electrons. The average Bonchev–Trinajstić information content (AvgIpc) is 2.85. The van der Waals surface area contributed by atoms with Gasteiger partial charge in [0.05, 0.1) is 0 Å². The van der Waals surface area contributed by atoms with Gasteiger partial charge in [0.15, 0.2) is 0 Å². The van der Waals surface area contributed by atoms with Gasteiger partial charge >= 0.3 is 0 Å². The molecule has 70 valence electrons. The summed E-state index contributed by atoms with van der Waals surface area (Å²) >= 11 is 0. The van der Waals surface area contributed by atoms with Crippen LogP contribution < -0.4 is 5.73 Å². The van der Waals surface area contributed by atoms with Gasteiger partial charge in [-0.1, -0.05) is 31.2 Å². The van der Waals surface area contributed by atoms with Crippen LogP contribution in [0.25, 0.3) is 0 Å². The lowest BCUT2D eigenvalue weighted by Crippen LogP contribution is -2.06. The van der Waals surface area contributed by atoms with E-state index in [0.29, 0.717) is 5.41 Å². The molecule has 1 aliphatic carbocycles. The molecule has 0 saturated heterocycles. The number of rotatable bonds is 2. The van der Waals surface area contributed by atoms with Gasteiger partial charge in [0.2, 0.25) is 0 Å². The number of hydrogen-bond donors (Lipinski definition) is 1. The molecule has 13 heavy (non-hydrogen) atoms. The molecule has 0 aromatic heterocycles. The van der Waals surface area contributed by atoms with Crippen molar-refractivity contribution in [2.24, 2.45) is 5.73 Å². The molecule has 1 nitrogen and oxygen atoms in total. The molecule has 0 aliphatic heterocycles. The number of benzene rings is 1. The molecular weight excluding hydrogens is 158 g/mol. The third kappa shape index (κ3) is 1.61. The normalized spacial score (nSPS) is 21.2. The van der Waals surface area contributed by atoms with Crippen LogP contribution in [0.1, 0.15) is 43.9 Å². The van der Waals surface area contributed by atoms with Crippen LogP contribution in [0.2, 0.25) is 0 Å². The molecule has 0 amide bonds. The summed E-state index contributed by atoms with van der Waals surface area (Å²) in [5.74, 6) is 0. The van der Waals surface area contributed by atoms with Crippen LogP contribution >= 0.6 is 0 Å². The van der Waals surface area contributed by atoms with Gasteiger partial charge in [0, 0.05) is 6.04 Å². The van der Waals surface area contributed by atoms with Crippen LogP contribution in [0, 0.1) is 0 Å². The van der Waals surface area contributed by atoms with E-state index in [1.165, 1.54) is 24.0 Å². The highest BCUT2D eigenvalue weighted by Gasteiger charge is 2.38. The maximum atomic E-state index is 5.79. The first-order valence-electron chi connectivity index (χ1n) is 4.98. The van der Waals surface area contributed by atoms with Gasteiger partial charge in [-0.15, -0.1) is 0 Å². The predicted octanol–water partition coefficient (Wildman–Crippen LogP) is 2.76. The van der Waals surface area contributed by atoms with Crippen LogP contribution in [-0.2, 0) is 5.41 Å². The summed E-state index contributed by atoms with van der Waals surface area (Å²) in [7, 11) is 0. The topological polar surface area (TPSA) is 26.0 Å². The predicted molar refractivity (Wildman–Crippen MR) is 55.6 cm³/mol. The van der Waals surface area contributed by atoms with Crippen LogP contribution in [0.5, 0.6) is 0 Å². The summed E-state index contributed by atoms with van der Waals surface area (Å²) in [5, 5.41) is 0. The Balaban J connectivity index is 2.24. The Bertz CT molecular complexity index is 293. The van der Waals surface area contributed by atoms with Crippen molar-refractivity contribution < 1.29 is 0 Å². The van der Waals surface area contributed by atoms with Crippen LogP contribution in [-0.4, -0.2) is 0 Å². The van der Waals surface area contributed by atoms with Crippen LogP contribution in [0.15, 0.2) is 24.3 Å². The molecule has 0 spiro atoms. The van der Waals surface area contributed by atoms with Crippen LogP contribution in [0.3, 0.4) is 0 Å². The molecule has 1 aromatic rings. The standard InChI is InChI=1S/C12H17N/c1-9(13)10-3-5-11(6-4-10)12(2)7-8-12/h3-6,9H,7-8,13H2,1-2H3. The molecule has 1 aliphatic rings. The molecule has 0 heterocycles. The molecule has 2 rings (SSSR count). The molecule has 1 unspecified atom stereocenters. The van der Waals surface area contributed by atoms with E-state index in [-0.39, 0.29) is 6.04 Å². The molecule has 1 heteroatoms. The van der Waals surface area contributed by atoms with E-state index in [1.807, 2.05) is 6.92 Å². The van der Waals surface area contributed by atoms with Gasteiger partial charge in [0.25, 0.3) is 0 Å². The van der Waals surface area contributed by atoms with Gasteiger partial charge in [-0.3, -0.25) is 0 Å². The van der Waals surface area contributed by atoms with Crippen molar-refractivity contribution in [3.8, 4) is 0 Å². The molecule has 1 atom stereocenters. The second-order valence-corrected chi connectivity index (χ2v) is 4.47. The average molecular weight is 175 g/mol. The summed E-state index contributed by atoms with van der Waals surface area (Å²) in [4.78, 5) is 0. The van der Waals surface area contributed by atoms with E-state index < -0.39 is 0 Å². The fourth-order valence-corrected chi connectivity index (χ4v) is 1.67. The van der Waals surface area contributed by atoms with E-state index in [1.54, 1.807) is 0 Å². The highest BCUT2D eigenvalue weighted by atomic mass is 14.6. The van der Waals surface area contributed by atoms with Gasteiger partial charge in [-0.05, 0) is 36.3 Å². The minimum Gasteiger partial charge on any atom is -0.324 e. The lowest BCUT2D eigenvalue weighted by molar-refractivity contribution is 0.778. The Kier molecular flexibility index (Phi) is 1.92. The third-order valence-electron chi connectivity index (χ3n) is 3.13. The summed E-state index contributed by atoms with van der Waals surface area (Å²) in [6.45, 7) is 4.35. The lowest BCUT2D eigenvalue weighted by atomic mass is 9.96. The Morgan fingerprint density at radius 3 is 2.15 bits per heavy atom. The molecule has 2 N–H and O–H groups in total. The van der Waals surface area contributed by atoms with Gasteiger partial charge in [0.1, 0.15) is 0 Å².